The molecule has 0 radical (unpaired) electrons. The Kier molecular flexibility index (Phi) is 3.96. The summed E-state index contributed by atoms with van der Waals surface area (Å²) in [7, 11) is 0. The van der Waals surface area contributed by atoms with Gasteiger partial charge in [-0.2, -0.15) is 4.68 Å². The molecule has 0 unspecified atom stereocenters. The van der Waals surface area contributed by atoms with Crippen molar-refractivity contribution in [2.45, 2.75) is 13.5 Å². The van der Waals surface area contributed by atoms with E-state index in [1.807, 2.05) is 6.92 Å². The van der Waals surface area contributed by atoms with E-state index in [9.17, 15) is 10.1 Å². The molecule has 0 atom stereocenters. The van der Waals surface area contributed by atoms with Crippen LogP contribution in [0.25, 0.3) is 0 Å². The number of nitrogens with one attached hydrogen (secondary N) is 1. The average Bonchev–Trinajstić information content (AvgIpc) is 2.82. The monoisotopic (exact) mass is 281 g/mol. The van der Waals surface area contributed by atoms with Crippen LogP contribution in [0.1, 0.15) is 12.6 Å². The molecular weight excluding hydrogens is 270 g/mol. The highest BCUT2D eigenvalue weighted by atomic mass is 35.5. The van der Waals surface area contributed by atoms with Gasteiger partial charge in [0.25, 0.3) is 0 Å². The van der Waals surface area contributed by atoms with Crippen molar-refractivity contribution in [3.8, 4) is 0 Å². The Hall–Kier alpha value is -2.15. The zero-order chi connectivity index (χ0) is 13.8. The first-order valence-electron chi connectivity index (χ1n) is 5.67. The summed E-state index contributed by atoms with van der Waals surface area (Å²) in [5, 5.41) is 17.9. The molecule has 7 nitrogen and oxygen atoms in total. The third kappa shape index (κ3) is 3.19. The highest BCUT2D eigenvalue weighted by molar-refractivity contribution is 6.31. The predicted molar refractivity (Wildman–Crippen MR) is 71.4 cm³/mol. The van der Waals surface area contributed by atoms with Gasteiger partial charge in [0.2, 0.25) is 0 Å². The zero-order valence-electron chi connectivity index (χ0n) is 10.2. The maximum atomic E-state index is 10.6. The largest absolute Gasteiger partial charge is 0.389 e. The van der Waals surface area contributed by atoms with Crippen molar-refractivity contribution in [1.29, 1.82) is 0 Å². The van der Waals surface area contributed by atoms with Gasteiger partial charge in [0.1, 0.15) is 12.4 Å². The molecule has 0 aliphatic rings. The fourth-order valence-electron chi connectivity index (χ4n) is 1.56. The van der Waals surface area contributed by atoms with Gasteiger partial charge in [-0.1, -0.05) is 11.6 Å². The molecule has 19 heavy (non-hydrogen) atoms. The van der Waals surface area contributed by atoms with E-state index in [1.165, 1.54) is 16.9 Å². The molecule has 2 aromatic rings. The van der Waals surface area contributed by atoms with Crippen molar-refractivity contribution in [2.75, 3.05) is 11.9 Å². The third-order valence-electron chi connectivity index (χ3n) is 2.40. The molecule has 100 valence electrons. The number of nitro groups is 1. The summed E-state index contributed by atoms with van der Waals surface area (Å²) in [6, 6.07) is 4.85. The quantitative estimate of drug-likeness (QED) is 0.671. The molecule has 2 rings (SSSR count). The molecule has 2 heterocycles. The van der Waals surface area contributed by atoms with E-state index in [2.05, 4.69) is 15.4 Å². The highest BCUT2D eigenvalue weighted by Gasteiger charge is 2.13. The van der Waals surface area contributed by atoms with Gasteiger partial charge in [-0.15, -0.1) is 0 Å². The van der Waals surface area contributed by atoms with Gasteiger partial charge >= 0.3 is 5.82 Å². The van der Waals surface area contributed by atoms with Crippen molar-refractivity contribution in [1.82, 2.24) is 14.8 Å². The van der Waals surface area contributed by atoms with E-state index in [-0.39, 0.29) is 12.4 Å². The lowest BCUT2D eigenvalue weighted by molar-refractivity contribution is -0.389. The lowest BCUT2D eigenvalue weighted by atomic mass is 10.3. The van der Waals surface area contributed by atoms with Gasteiger partial charge in [-0.25, -0.2) is 4.98 Å². The molecule has 0 fully saturated rings. The van der Waals surface area contributed by atoms with Crippen molar-refractivity contribution in [2.24, 2.45) is 0 Å². The van der Waals surface area contributed by atoms with Crippen LogP contribution in [0.3, 0.4) is 0 Å². The van der Waals surface area contributed by atoms with Gasteiger partial charge in [0.05, 0.1) is 28.1 Å². The maximum Gasteiger partial charge on any atom is 0.389 e. The van der Waals surface area contributed by atoms with Crippen molar-refractivity contribution in [3.63, 3.8) is 0 Å². The Morgan fingerprint density at radius 1 is 1.47 bits per heavy atom. The number of hydrogen-bond acceptors (Lipinski definition) is 5. The number of halogens is 1. The number of pyridine rings is 1. The highest BCUT2D eigenvalue weighted by Crippen LogP contribution is 2.18. The Bertz CT molecular complexity index is 599. The lowest BCUT2D eigenvalue weighted by Crippen LogP contribution is -2.06. The number of rotatable bonds is 5. The molecule has 0 aromatic carbocycles. The molecule has 8 heteroatoms. The summed E-state index contributed by atoms with van der Waals surface area (Å²) in [5.74, 6) is 0.516. The summed E-state index contributed by atoms with van der Waals surface area (Å²) < 4.78 is 1.43. The van der Waals surface area contributed by atoms with Crippen LogP contribution in [-0.2, 0) is 6.54 Å². The molecule has 0 aliphatic carbocycles. The van der Waals surface area contributed by atoms with Gasteiger partial charge in [0.15, 0.2) is 0 Å². The van der Waals surface area contributed by atoms with Crippen LogP contribution in [0.15, 0.2) is 24.4 Å². The number of nitrogens with zero attached hydrogens (tertiary/aromatic N) is 4. The molecule has 0 spiro atoms. The van der Waals surface area contributed by atoms with E-state index in [4.69, 9.17) is 11.6 Å². The molecular formula is C11H12ClN5O2. The maximum absolute atomic E-state index is 10.6. The lowest BCUT2D eigenvalue weighted by Gasteiger charge is -2.06. The molecule has 0 saturated carbocycles. The number of aromatic nitrogens is 3. The molecule has 0 saturated heterocycles. The molecule has 1 N–H and O–H groups in total. The fourth-order valence-corrected chi connectivity index (χ4v) is 1.73. The molecule has 0 bridgehead atoms. The second-order valence-corrected chi connectivity index (χ2v) is 4.19. The average molecular weight is 282 g/mol. The van der Waals surface area contributed by atoms with E-state index in [0.29, 0.717) is 16.5 Å². The third-order valence-corrected chi connectivity index (χ3v) is 2.75. The van der Waals surface area contributed by atoms with Crippen LogP contribution in [0.5, 0.6) is 0 Å². The van der Waals surface area contributed by atoms with Crippen LogP contribution in [0.4, 0.5) is 11.6 Å². The summed E-state index contributed by atoms with van der Waals surface area (Å²) >= 11 is 6.05. The second-order valence-electron chi connectivity index (χ2n) is 3.78. The Morgan fingerprint density at radius 2 is 2.26 bits per heavy atom. The second kappa shape index (κ2) is 5.66. The van der Waals surface area contributed by atoms with Crippen LogP contribution < -0.4 is 5.32 Å². The van der Waals surface area contributed by atoms with Crippen molar-refractivity contribution >= 4 is 23.2 Å². The van der Waals surface area contributed by atoms with Crippen molar-refractivity contribution < 1.29 is 4.92 Å². The van der Waals surface area contributed by atoms with E-state index in [0.717, 1.165) is 6.54 Å². The van der Waals surface area contributed by atoms with Crippen molar-refractivity contribution in [3.05, 3.63) is 45.2 Å². The number of anilines is 1. The molecule has 2 aromatic heterocycles. The smallest absolute Gasteiger partial charge is 0.370 e. The Balaban J connectivity index is 2.21. The minimum absolute atomic E-state index is 0.195. The predicted octanol–water partition coefficient (Wildman–Crippen LogP) is 2.32. The van der Waals surface area contributed by atoms with Gasteiger partial charge in [-0.05, 0) is 24.0 Å². The van der Waals surface area contributed by atoms with E-state index >= 15 is 0 Å². The van der Waals surface area contributed by atoms with Gasteiger partial charge in [-0.3, -0.25) is 0 Å². The topological polar surface area (TPSA) is 85.9 Å². The first kappa shape index (κ1) is 13.3. The first-order valence-corrected chi connectivity index (χ1v) is 6.05. The van der Waals surface area contributed by atoms with Crippen LogP contribution in [0, 0.1) is 10.1 Å². The van der Waals surface area contributed by atoms with Crippen LogP contribution in [-0.4, -0.2) is 26.2 Å². The first-order chi connectivity index (χ1) is 9.10. The Morgan fingerprint density at radius 3 is 2.89 bits per heavy atom. The number of hydrogen-bond donors (Lipinski definition) is 1. The van der Waals surface area contributed by atoms with Crippen LogP contribution in [0.2, 0.25) is 5.02 Å². The molecule has 0 amide bonds. The summed E-state index contributed by atoms with van der Waals surface area (Å²) in [6.07, 6.45) is 1.52. The van der Waals surface area contributed by atoms with Gasteiger partial charge < -0.3 is 15.4 Å². The van der Waals surface area contributed by atoms with E-state index < -0.39 is 4.92 Å². The summed E-state index contributed by atoms with van der Waals surface area (Å²) in [6.45, 7) is 3.00. The SMILES string of the molecule is CCNc1ccc(Cl)c(Cn2ccc([N+](=O)[O-])n2)n1. The zero-order valence-corrected chi connectivity index (χ0v) is 11.0. The Labute approximate surface area is 114 Å². The van der Waals surface area contributed by atoms with Crippen LogP contribution >= 0.6 is 11.6 Å². The minimum Gasteiger partial charge on any atom is -0.370 e. The normalized spacial score (nSPS) is 10.4. The fraction of sp³-hybridized carbons (Fsp3) is 0.273. The summed E-state index contributed by atoms with van der Waals surface area (Å²) in [5.41, 5.74) is 0.609. The van der Waals surface area contributed by atoms with Gasteiger partial charge in [0, 0.05) is 6.54 Å². The summed E-state index contributed by atoms with van der Waals surface area (Å²) in [4.78, 5) is 14.3. The molecule has 0 aliphatic heterocycles. The van der Waals surface area contributed by atoms with E-state index in [1.54, 1.807) is 12.1 Å². The minimum atomic E-state index is -0.541. The standard InChI is InChI=1S/C11H12ClN5O2/c1-2-13-10-4-3-8(12)9(14-10)7-16-6-5-11(15-16)17(18)19/h3-6H,2,7H2,1H3,(H,13,14).